The van der Waals surface area contributed by atoms with E-state index in [9.17, 15) is 0 Å². The van der Waals surface area contributed by atoms with Gasteiger partial charge in [-0.15, -0.1) is 0 Å². The van der Waals surface area contributed by atoms with Crippen molar-refractivity contribution in [3.63, 3.8) is 0 Å². The first-order valence-electron chi connectivity index (χ1n) is 7.16. The first kappa shape index (κ1) is 13.6. The molecule has 1 aromatic carbocycles. The van der Waals surface area contributed by atoms with Gasteiger partial charge in [-0.2, -0.15) is 0 Å². The Morgan fingerprint density at radius 1 is 1.17 bits per heavy atom. The van der Waals surface area contributed by atoms with E-state index in [1.807, 2.05) is 0 Å². The number of nitrogens with one attached hydrogen (secondary N) is 1. The van der Waals surface area contributed by atoms with Gasteiger partial charge in [0.15, 0.2) is 0 Å². The Hall–Kier alpha value is -0.860. The summed E-state index contributed by atoms with van der Waals surface area (Å²) in [6.45, 7) is 5.39. The largest absolute Gasteiger partial charge is 0.396 e. The number of benzene rings is 1. The maximum atomic E-state index is 9.04. The first-order valence-corrected chi connectivity index (χ1v) is 7.16. The monoisotopic (exact) mass is 247 g/mol. The molecular formula is C16H25NO. The highest BCUT2D eigenvalue weighted by molar-refractivity contribution is 5.35. The Balaban J connectivity index is 1.99. The van der Waals surface area contributed by atoms with Gasteiger partial charge in [-0.1, -0.05) is 25.1 Å². The van der Waals surface area contributed by atoms with Crippen LogP contribution in [-0.4, -0.2) is 18.3 Å². The lowest BCUT2D eigenvalue weighted by Crippen LogP contribution is -2.26. The van der Waals surface area contributed by atoms with Gasteiger partial charge in [-0.25, -0.2) is 0 Å². The normalized spacial score (nSPS) is 18.2. The summed E-state index contributed by atoms with van der Waals surface area (Å²) in [5.74, 6) is 0.324. The molecule has 2 heteroatoms. The Morgan fingerprint density at radius 2 is 1.89 bits per heavy atom. The molecule has 2 N–H and O–H groups in total. The molecule has 0 aromatic heterocycles. The smallest absolute Gasteiger partial charge is 0.0468 e. The molecule has 0 saturated carbocycles. The number of rotatable bonds is 5. The number of fused-ring (bicyclic) bond motifs is 1. The third kappa shape index (κ3) is 3.33. The van der Waals surface area contributed by atoms with Crippen LogP contribution in [0, 0.1) is 5.92 Å². The summed E-state index contributed by atoms with van der Waals surface area (Å²) in [5, 5.41) is 12.5. The van der Waals surface area contributed by atoms with E-state index in [4.69, 9.17) is 5.11 Å². The molecule has 2 rings (SSSR count). The molecule has 0 amide bonds. The Labute approximate surface area is 110 Å². The van der Waals surface area contributed by atoms with Gasteiger partial charge in [0.25, 0.3) is 0 Å². The quantitative estimate of drug-likeness (QED) is 0.838. The number of aryl methyl sites for hydroxylation is 2. The zero-order valence-corrected chi connectivity index (χ0v) is 11.6. The summed E-state index contributed by atoms with van der Waals surface area (Å²) in [6.07, 6.45) is 5.16. The maximum Gasteiger partial charge on any atom is 0.0468 e. The third-order valence-corrected chi connectivity index (χ3v) is 3.96. The Bertz CT molecular complexity index is 389. The van der Waals surface area contributed by atoms with E-state index >= 15 is 0 Å². The molecule has 2 atom stereocenters. The summed E-state index contributed by atoms with van der Waals surface area (Å²) in [7, 11) is 0. The van der Waals surface area contributed by atoms with Crippen LogP contribution in [0.1, 0.15) is 49.4 Å². The highest BCUT2D eigenvalue weighted by atomic mass is 16.3. The minimum Gasteiger partial charge on any atom is -0.396 e. The highest BCUT2D eigenvalue weighted by Gasteiger charge is 2.12. The van der Waals surface area contributed by atoms with E-state index in [0.29, 0.717) is 12.0 Å². The van der Waals surface area contributed by atoms with Crippen molar-refractivity contribution >= 4 is 0 Å². The van der Waals surface area contributed by atoms with Crippen molar-refractivity contribution in [2.24, 2.45) is 5.92 Å². The molecule has 0 aliphatic heterocycles. The first-order chi connectivity index (χ1) is 8.70. The van der Waals surface area contributed by atoms with Crippen LogP contribution in [0.2, 0.25) is 0 Å². The summed E-state index contributed by atoms with van der Waals surface area (Å²) in [4.78, 5) is 0. The van der Waals surface area contributed by atoms with Crippen molar-refractivity contribution in [1.82, 2.24) is 5.32 Å². The van der Waals surface area contributed by atoms with Gasteiger partial charge in [0.05, 0.1) is 0 Å². The van der Waals surface area contributed by atoms with E-state index in [0.717, 1.165) is 6.54 Å². The molecule has 18 heavy (non-hydrogen) atoms. The lowest BCUT2D eigenvalue weighted by Gasteiger charge is -2.21. The van der Waals surface area contributed by atoms with E-state index in [-0.39, 0.29) is 6.61 Å². The van der Waals surface area contributed by atoms with Gasteiger partial charge in [-0.05, 0) is 55.2 Å². The van der Waals surface area contributed by atoms with Crippen LogP contribution in [0.25, 0.3) is 0 Å². The van der Waals surface area contributed by atoms with Crippen LogP contribution in [0.15, 0.2) is 18.2 Å². The van der Waals surface area contributed by atoms with Crippen molar-refractivity contribution in [2.75, 3.05) is 13.2 Å². The van der Waals surface area contributed by atoms with Gasteiger partial charge in [0.2, 0.25) is 0 Å². The average molecular weight is 247 g/mol. The van der Waals surface area contributed by atoms with Crippen LogP contribution in [-0.2, 0) is 12.8 Å². The van der Waals surface area contributed by atoms with Crippen molar-refractivity contribution in [1.29, 1.82) is 0 Å². The fourth-order valence-corrected chi connectivity index (χ4v) is 2.58. The predicted octanol–water partition coefficient (Wildman–Crippen LogP) is 2.84. The molecule has 0 heterocycles. The Morgan fingerprint density at radius 3 is 2.61 bits per heavy atom. The number of hydrogen-bond donors (Lipinski definition) is 2. The molecular weight excluding hydrogens is 222 g/mol. The lowest BCUT2D eigenvalue weighted by molar-refractivity contribution is 0.231. The van der Waals surface area contributed by atoms with Gasteiger partial charge in [0.1, 0.15) is 0 Å². The minimum atomic E-state index is 0.254. The molecule has 0 saturated heterocycles. The number of aliphatic hydroxyl groups is 1. The summed E-state index contributed by atoms with van der Waals surface area (Å²) in [6, 6.07) is 7.30. The summed E-state index contributed by atoms with van der Waals surface area (Å²) >= 11 is 0. The zero-order valence-electron chi connectivity index (χ0n) is 11.6. The minimum absolute atomic E-state index is 0.254. The third-order valence-electron chi connectivity index (χ3n) is 3.96. The Kier molecular flexibility index (Phi) is 4.79. The van der Waals surface area contributed by atoms with Crippen molar-refractivity contribution in [2.45, 2.75) is 45.6 Å². The molecule has 1 aliphatic carbocycles. The van der Waals surface area contributed by atoms with Crippen LogP contribution in [0.3, 0.4) is 0 Å². The SMILES string of the molecule is CC(CO)CNC(C)c1ccc2c(c1)CCCC2. The highest BCUT2D eigenvalue weighted by Crippen LogP contribution is 2.24. The number of aliphatic hydroxyl groups excluding tert-OH is 1. The topological polar surface area (TPSA) is 32.3 Å². The predicted molar refractivity (Wildman–Crippen MR) is 75.8 cm³/mol. The van der Waals surface area contributed by atoms with E-state index in [1.165, 1.54) is 31.2 Å². The fourth-order valence-electron chi connectivity index (χ4n) is 2.58. The van der Waals surface area contributed by atoms with E-state index < -0.39 is 0 Å². The second-order valence-electron chi connectivity index (χ2n) is 5.65. The van der Waals surface area contributed by atoms with Crippen LogP contribution >= 0.6 is 0 Å². The average Bonchev–Trinajstić information content (AvgIpc) is 2.43. The van der Waals surface area contributed by atoms with Crippen molar-refractivity contribution in [3.8, 4) is 0 Å². The van der Waals surface area contributed by atoms with E-state index in [2.05, 4.69) is 37.4 Å². The molecule has 100 valence electrons. The molecule has 0 bridgehead atoms. The molecule has 0 radical (unpaired) electrons. The van der Waals surface area contributed by atoms with Gasteiger partial charge >= 0.3 is 0 Å². The standard InChI is InChI=1S/C16H25NO/c1-12(11-18)10-17-13(2)15-8-7-14-5-3-4-6-16(14)9-15/h7-9,12-13,17-18H,3-6,10-11H2,1-2H3. The second kappa shape index (κ2) is 6.35. The molecule has 0 spiro atoms. The van der Waals surface area contributed by atoms with Gasteiger partial charge in [0, 0.05) is 19.2 Å². The molecule has 1 aromatic rings. The molecule has 2 unspecified atom stereocenters. The van der Waals surface area contributed by atoms with Gasteiger partial charge in [-0.3, -0.25) is 0 Å². The van der Waals surface area contributed by atoms with Crippen LogP contribution in [0.5, 0.6) is 0 Å². The summed E-state index contributed by atoms with van der Waals surface area (Å²) < 4.78 is 0. The molecule has 0 fully saturated rings. The van der Waals surface area contributed by atoms with Crippen molar-refractivity contribution in [3.05, 3.63) is 34.9 Å². The molecule has 1 aliphatic rings. The fraction of sp³-hybridized carbons (Fsp3) is 0.625. The van der Waals surface area contributed by atoms with Gasteiger partial charge < -0.3 is 10.4 Å². The maximum absolute atomic E-state index is 9.04. The van der Waals surface area contributed by atoms with Crippen LogP contribution < -0.4 is 5.32 Å². The number of hydrogen-bond acceptors (Lipinski definition) is 2. The van der Waals surface area contributed by atoms with Crippen molar-refractivity contribution < 1.29 is 5.11 Å². The summed E-state index contributed by atoms with van der Waals surface area (Å²) in [5.41, 5.74) is 4.46. The lowest BCUT2D eigenvalue weighted by atomic mass is 9.89. The van der Waals surface area contributed by atoms with Crippen LogP contribution in [0.4, 0.5) is 0 Å². The zero-order chi connectivity index (χ0) is 13.0. The second-order valence-corrected chi connectivity index (χ2v) is 5.65. The molecule has 2 nitrogen and oxygen atoms in total. The van der Waals surface area contributed by atoms with E-state index in [1.54, 1.807) is 11.1 Å².